The molecule has 2 aliphatic rings. The molecule has 1 heterocycles. The van der Waals surface area contributed by atoms with Gasteiger partial charge in [0.05, 0.1) is 0 Å². The third-order valence-electron chi connectivity index (χ3n) is 5.33. The number of nitrogens with one attached hydrogen (secondary N) is 1. The molecule has 4 nitrogen and oxygen atoms in total. The van der Waals surface area contributed by atoms with E-state index in [-0.39, 0.29) is 17.9 Å². The molecule has 2 fully saturated rings. The molecule has 3 N–H and O–H groups in total. The van der Waals surface area contributed by atoms with Gasteiger partial charge in [0.25, 0.3) is 0 Å². The van der Waals surface area contributed by atoms with E-state index >= 15 is 0 Å². The van der Waals surface area contributed by atoms with Crippen LogP contribution < -0.4 is 11.1 Å². The quantitative estimate of drug-likeness (QED) is 0.823. The third-order valence-corrected chi connectivity index (χ3v) is 5.33. The van der Waals surface area contributed by atoms with Crippen molar-refractivity contribution in [2.75, 3.05) is 26.2 Å². The van der Waals surface area contributed by atoms with E-state index in [2.05, 4.69) is 24.1 Å². The van der Waals surface area contributed by atoms with Crippen molar-refractivity contribution in [3.05, 3.63) is 0 Å². The summed E-state index contributed by atoms with van der Waals surface area (Å²) in [5, 5.41) is 3.19. The molecule has 1 saturated carbocycles. The third kappa shape index (κ3) is 4.19. The highest BCUT2D eigenvalue weighted by molar-refractivity contribution is 5.78. The van der Waals surface area contributed by atoms with Gasteiger partial charge in [0.15, 0.2) is 0 Å². The van der Waals surface area contributed by atoms with Crippen molar-refractivity contribution in [2.45, 2.75) is 52.0 Å². The first-order chi connectivity index (χ1) is 9.60. The van der Waals surface area contributed by atoms with Crippen LogP contribution in [0.5, 0.6) is 0 Å². The summed E-state index contributed by atoms with van der Waals surface area (Å²) in [5.41, 5.74) is 6.02. The Labute approximate surface area is 123 Å². The highest BCUT2D eigenvalue weighted by Gasteiger charge is 2.29. The van der Waals surface area contributed by atoms with Crippen LogP contribution in [0.25, 0.3) is 0 Å². The standard InChI is InChI=1S/C16H31N3O/c1-3-19-8-6-13(7-9-19)11-18-16(20)14-4-5-15(17)12(2)10-14/h12-15H,3-11,17H2,1-2H3,(H,18,20). The summed E-state index contributed by atoms with van der Waals surface area (Å²) in [6.07, 6.45) is 5.36. The monoisotopic (exact) mass is 281 g/mol. The van der Waals surface area contributed by atoms with Crippen LogP contribution >= 0.6 is 0 Å². The second-order valence-corrected chi connectivity index (χ2v) is 6.77. The van der Waals surface area contributed by atoms with Crippen molar-refractivity contribution >= 4 is 5.91 Å². The first kappa shape index (κ1) is 15.8. The molecule has 0 aromatic rings. The van der Waals surface area contributed by atoms with Gasteiger partial charge in [-0.05, 0) is 63.6 Å². The molecule has 2 rings (SSSR count). The van der Waals surface area contributed by atoms with Crippen LogP contribution in [0.1, 0.15) is 46.0 Å². The van der Waals surface area contributed by atoms with Crippen molar-refractivity contribution in [1.82, 2.24) is 10.2 Å². The molecule has 0 spiro atoms. The molecule has 1 aliphatic heterocycles. The lowest BCUT2D eigenvalue weighted by Gasteiger charge is -2.33. The summed E-state index contributed by atoms with van der Waals surface area (Å²) in [5.74, 6) is 1.61. The number of piperidine rings is 1. The lowest BCUT2D eigenvalue weighted by Crippen LogP contribution is -2.43. The highest BCUT2D eigenvalue weighted by atomic mass is 16.1. The molecule has 20 heavy (non-hydrogen) atoms. The fraction of sp³-hybridized carbons (Fsp3) is 0.938. The van der Waals surface area contributed by atoms with E-state index in [0.717, 1.165) is 32.4 Å². The Bertz CT molecular complexity index is 313. The Balaban J connectivity index is 1.68. The van der Waals surface area contributed by atoms with E-state index in [1.165, 1.54) is 25.9 Å². The van der Waals surface area contributed by atoms with Gasteiger partial charge in [0.2, 0.25) is 5.91 Å². The Morgan fingerprint density at radius 1 is 1.25 bits per heavy atom. The average Bonchev–Trinajstić information content (AvgIpc) is 2.48. The van der Waals surface area contributed by atoms with Crippen LogP contribution in [0.2, 0.25) is 0 Å². The average molecular weight is 281 g/mol. The number of amides is 1. The topological polar surface area (TPSA) is 58.4 Å². The van der Waals surface area contributed by atoms with Crippen LogP contribution in [0.4, 0.5) is 0 Å². The van der Waals surface area contributed by atoms with Crippen molar-refractivity contribution in [2.24, 2.45) is 23.5 Å². The van der Waals surface area contributed by atoms with Crippen molar-refractivity contribution in [3.63, 3.8) is 0 Å². The second-order valence-electron chi connectivity index (χ2n) is 6.77. The molecular weight excluding hydrogens is 250 g/mol. The van der Waals surface area contributed by atoms with Gasteiger partial charge >= 0.3 is 0 Å². The Hall–Kier alpha value is -0.610. The van der Waals surface area contributed by atoms with Gasteiger partial charge in [0, 0.05) is 18.5 Å². The molecule has 0 aromatic carbocycles. The van der Waals surface area contributed by atoms with E-state index in [9.17, 15) is 4.79 Å². The van der Waals surface area contributed by atoms with Crippen LogP contribution in [0.15, 0.2) is 0 Å². The highest BCUT2D eigenvalue weighted by Crippen LogP contribution is 2.28. The SMILES string of the molecule is CCN1CCC(CNC(=O)C2CCC(N)C(C)C2)CC1. The number of hydrogen-bond donors (Lipinski definition) is 2. The molecule has 3 atom stereocenters. The Kier molecular flexibility index (Phi) is 5.85. The van der Waals surface area contributed by atoms with Crippen LogP contribution in [-0.2, 0) is 4.79 Å². The zero-order valence-corrected chi connectivity index (χ0v) is 13.1. The molecule has 0 bridgehead atoms. The van der Waals surface area contributed by atoms with Crippen molar-refractivity contribution in [1.29, 1.82) is 0 Å². The molecular formula is C16H31N3O. The zero-order valence-electron chi connectivity index (χ0n) is 13.1. The fourth-order valence-electron chi connectivity index (χ4n) is 3.55. The summed E-state index contributed by atoms with van der Waals surface area (Å²) >= 11 is 0. The summed E-state index contributed by atoms with van der Waals surface area (Å²) in [6, 6.07) is 0.289. The van der Waals surface area contributed by atoms with Gasteiger partial charge in [-0.25, -0.2) is 0 Å². The maximum absolute atomic E-state index is 12.3. The van der Waals surface area contributed by atoms with E-state index in [4.69, 9.17) is 5.73 Å². The van der Waals surface area contributed by atoms with E-state index in [0.29, 0.717) is 11.8 Å². The summed E-state index contributed by atoms with van der Waals surface area (Å²) in [4.78, 5) is 14.7. The molecule has 1 saturated heterocycles. The van der Waals surface area contributed by atoms with Crippen LogP contribution in [0, 0.1) is 17.8 Å². The molecule has 4 heteroatoms. The van der Waals surface area contributed by atoms with Crippen molar-refractivity contribution < 1.29 is 4.79 Å². The number of nitrogens with two attached hydrogens (primary N) is 1. The minimum absolute atomic E-state index is 0.195. The zero-order chi connectivity index (χ0) is 14.5. The van der Waals surface area contributed by atoms with Crippen LogP contribution in [-0.4, -0.2) is 43.0 Å². The number of rotatable bonds is 4. The molecule has 1 amide bonds. The second kappa shape index (κ2) is 7.41. The minimum atomic E-state index is 0.195. The first-order valence-electron chi connectivity index (χ1n) is 8.35. The smallest absolute Gasteiger partial charge is 0.223 e. The molecule has 3 unspecified atom stereocenters. The lowest BCUT2D eigenvalue weighted by molar-refractivity contribution is -0.126. The molecule has 0 aromatic heterocycles. The Morgan fingerprint density at radius 3 is 2.55 bits per heavy atom. The first-order valence-corrected chi connectivity index (χ1v) is 8.35. The van der Waals surface area contributed by atoms with Gasteiger partial charge in [-0.15, -0.1) is 0 Å². The summed E-state index contributed by atoms with van der Waals surface area (Å²) < 4.78 is 0. The number of nitrogens with zero attached hydrogens (tertiary/aromatic N) is 1. The molecule has 0 radical (unpaired) electrons. The van der Waals surface area contributed by atoms with Crippen molar-refractivity contribution in [3.8, 4) is 0 Å². The number of hydrogen-bond acceptors (Lipinski definition) is 3. The minimum Gasteiger partial charge on any atom is -0.356 e. The van der Waals surface area contributed by atoms with Gasteiger partial charge < -0.3 is 16.0 Å². The van der Waals surface area contributed by atoms with Gasteiger partial charge in [-0.1, -0.05) is 13.8 Å². The maximum atomic E-state index is 12.3. The largest absolute Gasteiger partial charge is 0.356 e. The summed E-state index contributed by atoms with van der Waals surface area (Å²) in [6.45, 7) is 8.78. The molecule has 1 aliphatic carbocycles. The number of carbonyl (C=O) groups is 1. The lowest BCUT2D eigenvalue weighted by atomic mass is 9.79. The maximum Gasteiger partial charge on any atom is 0.223 e. The molecule has 116 valence electrons. The van der Waals surface area contributed by atoms with Crippen LogP contribution in [0.3, 0.4) is 0 Å². The normalized spacial score (nSPS) is 33.0. The number of likely N-dealkylation sites (tertiary alicyclic amines) is 1. The number of carbonyl (C=O) groups excluding carboxylic acids is 1. The van der Waals surface area contributed by atoms with E-state index < -0.39 is 0 Å². The predicted molar refractivity (Wildman–Crippen MR) is 82.3 cm³/mol. The van der Waals surface area contributed by atoms with Gasteiger partial charge in [0.1, 0.15) is 0 Å². The fourth-order valence-corrected chi connectivity index (χ4v) is 3.55. The van der Waals surface area contributed by atoms with E-state index in [1.54, 1.807) is 0 Å². The van der Waals surface area contributed by atoms with Gasteiger partial charge in [-0.2, -0.15) is 0 Å². The van der Waals surface area contributed by atoms with Gasteiger partial charge in [-0.3, -0.25) is 4.79 Å². The Morgan fingerprint density at radius 2 is 1.95 bits per heavy atom. The summed E-state index contributed by atoms with van der Waals surface area (Å²) in [7, 11) is 0. The predicted octanol–water partition coefficient (Wildman–Crippen LogP) is 1.60. The van der Waals surface area contributed by atoms with E-state index in [1.807, 2.05) is 0 Å².